The number of ether oxygens (including phenoxy) is 4. The minimum absolute atomic E-state index is 0.0214. The van der Waals surface area contributed by atoms with E-state index >= 15 is 13.2 Å². The summed E-state index contributed by atoms with van der Waals surface area (Å²) in [6.07, 6.45) is -1.09. The van der Waals surface area contributed by atoms with Crippen LogP contribution in [-0.2, 0) is 46.3 Å². The summed E-state index contributed by atoms with van der Waals surface area (Å²) in [5.41, 5.74) is -2.86. The molecule has 6 aromatic rings. The van der Waals surface area contributed by atoms with Crippen LogP contribution in [0, 0.1) is 40.6 Å². The Morgan fingerprint density at radius 1 is 0.621 bits per heavy atom. The van der Waals surface area contributed by atoms with E-state index in [2.05, 4.69) is 15.7 Å². The molecule has 20 nitrogen and oxygen atoms in total. The van der Waals surface area contributed by atoms with Gasteiger partial charge in [-0.3, -0.25) is 14.5 Å². The Balaban J connectivity index is 0.000000192. The molecule has 6 aromatic carbocycles. The van der Waals surface area contributed by atoms with Crippen molar-refractivity contribution in [3.63, 3.8) is 0 Å². The number of cyclic esters (lactones) is 1. The minimum atomic E-state index is -2.61. The van der Waals surface area contributed by atoms with Crippen molar-refractivity contribution in [3.8, 4) is 18.2 Å². The summed E-state index contributed by atoms with van der Waals surface area (Å²) in [4.78, 5) is 93.0. The molecule has 0 saturated carbocycles. The molecule has 4 amide bonds. The molecular formula is C72H71F3N8O12. The lowest BCUT2D eigenvalue weighted by Crippen LogP contribution is -2.53. The summed E-state index contributed by atoms with van der Waals surface area (Å²) in [7, 11) is 1.11. The molecule has 95 heavy (non-hydrogen) atoms. The predicted molar refractivity (Wildman–Crippen MR) is 340 cm³/mol. The van der Waals surface area contributed by atoms with Crippen LogP contribution in [0.1, 0.15) is 114 Å². The number of amides is 4. The number of carboxylic acids is 1. The van der Waals surface area contributed by atoms with Gasteiger partial charge >= 0.3 is 30.2 Å². The van der Waals surface area contributed by atoms with Gasteiger partial charge in [0.05, 0.1) is 67.7 Å². The lowest BCUT2D eigenvalue weighted by Gasteiger charge is -2.30. The number of carbonyl (C=O) groups excluding carboxylic acids is 6. The number of benzene rings is 6. The van der Waals surface area contributed by atoms with Crippen LogP contribution in [0.5, 0.6) is 0 Å². The molecule has 10 rings (SSSR count). The van der Waals surface area contributed by atoms with Crippen LogP contribution < -0.4 is 0 Å². The quantitative estimate of drug-likeness (QED) is 0.0547. The van der Waals surface area contributed by atoms with Crippen molar-refractivity contribution in [2.45, 2.75) is 107 Å². The van der Waals surface area contributed by atoms with Crippen LogP contribution in [0.3, 0.4) is 0 Å². The Kier molecular flexibility index (Phi) is 23.1. The first kappa shape index (κ1) is 71.6. The van der Waals surface area contributed by atoms with Crippen molar-refractivity contribution < 1.29 is 70.8 Å². The molecule has 1 N–H and O–H groups in total. The summed E-state index contributed by atoms with van der Waals surface area (Å²) in [5.74, 6) is -6.26. The molecule has 492 valence electrons. The summed E-state index contributed by atoms with van der Waals surface area (Å²) >= 11 is 0. The molecule has 4 aliphatic heterocycles. The maximum atomic E-state index is 17.0. The van der Waals surface area contributed by atoms with Crippen LogP contribution in [-0.4, -0.2) is 154 Å². The molecule has 7 atom stereocenters. The highest BCUT2D eigenvalue weighted by Crippen LogP contribution is 2.44. The summed E-state index contributed by atoms with van der Waals surface area (Å²) in [5, 5.41) is 36.2. The fourth-order valence-electron chi connectivity index (χ4n) is 11.3. The zero-order chi connectivity index (χ0) is 69.5. The third-order valence-corrected chi connectivity index (χ3v) is 16.0. The smallest absolute Gasteiger partial charge is 0.417 e. The first-order valence-electron chi connectivity index (χ1n) is 30.1. The Morgan fingerprint density at radius 3 is 1.44 bits per heavy atom. The second kappa shape index (κ2) is 30.7. The monoisotopic (exact) mass is 1300 g/mol. The highest BCUT2D eigenvalue weighted by Gasteiger charge is 2.60. The predicted octanol–water partition coefficient (Wildman–Crippen LogP) is 12.0. The van der Waals surface area contributed by atoms with Crippen molar-refractivity contribution in [2.75, 3.05) is 53.0 Å². The van der Waals surface area contributed by atoms with Crippen LogP contribution in [0.25, 0.3) is 4.85 Å². The number of likely N-dealkylation sites (tertiary alicyclic amines) is 3. The number of hydrogen-bond acceptors (Lipinski definition) is 15. The largest absolute Gasteiger partial charge is 0.479 e. The fraction of sp³-hybridized carbons (Fsp3) is 0.347. The van der Waals surface area contributed by atoms with E-state index in [-0.39, 0.29) is 26.2 Å². The van der Waals surface area contributed by atoms with Crippen molar-refractivity contribution in [1.82, 2.24) is 19.6 Å². The van der Waals surface area contributed by atoms with Gasteiger partial charge in [-0.2, -0.15) is 15.8 Å². The molecular weight excluding hydrogens is 1230 g/mol. The molecule has 0 radical (unpaired) electrons. The van der Waals surface area contributed by atoms with Crippen molar-refractivity contribution in [3.05, 3.63) is 219 Å². The number of esters is 1. The molecule has 4 fully saturated rings. The zero-order valence-corrected chi connectivity index (χ0v) is 53.4. The number of carboxylic acid groups (broad SMARTS) is 1. The van der Waals surface area contributed by atoms with E-state index in [0.717, 1.165) is 34.3 Å². The average molecular weight is 1300 g/mol. The van der Waals surface area contributed by atoms with Crippen LogP contribution in [0.2, 0.25) is 0 Å². The molecule has 4 heterocycles. The normalized spacial score (nSPS) is 22.0. The number of halogens is 3. The third kappa shape index (κ3) is 17.8. The van der Waals surface area contributed by atoms with E-state index in [1.165, 1.54) is 29.2 Å². The molecule has 4 saturated heterocycles. The molecule has 0 unspecified atom stereocenters. The van der Waals surface area contributed by atoms with Gasteiger partial charge in [0.1, 0.15) is 24.1 Å². The number of hydrogen-bond donors (Lipinski definition) is 1. The van der Waals surface area contributed by atoms with E-state index in [9.17, 15) is 38.7 Å². The lowest BCUT2D eigenvalue weighted by molar-refractivity contribution is -0.154. The Bertz CT molecular complexity index is 3900. The van der Waals surface area contributed by atoms with Crippen LogP contribution in [0.4, 0.5) is 33.2 Å². The van der Waals surface area contributed by atoms with Crippen LogP contribution >= 0.6 is 0 Å². The van der Waals surface area contributed by atoms with Gasteiger partial charge in [-0.1, -0.05) is 121 Å². The Labute approximate surface area is 549 Å². The maximum absolute atomic E-state index is 17.0. The first-order valence-corrected chi connectivity index (χ1v) is 30.1. The minimum Gasteiger partial charge on any atom is -0.479 e. The molecule has 0 aromatic heterocycles. The van der Waals surface area contributed by atoms with Gasteiger partial charge < -0.3 is 33.9 Å². The van der Waals surface area contributed by atoms with Gasteiger partial charge in [0.25, 0.3) is 5.91 Å². The van der Waals surface area contributed by atoms with E-state index in [1.54, 1.807) is 114 Å². The van der Waals surface area contributed by atoms with Gasteiger partial charge in [-0.05, 0) is 112 Å². The SMILES string of the molecule is CC(C)(C)OC(=O)N1C[C@@H](c2ccc(C#N)cc2)[C@](F)(C(=O)O)C1.COC(=O)[C@]1(F)CN(C(=O)OC(C)(C)C)C[C@H]1c1ccc(C#N)cc1.N#Cc1ccc([C@@H]2CN(Cc3ccccc3)C[C@@]2(F)C(=O)N2C(=O)OC[C@H]2Cc2ccccc2)cc1.[C-]#[N+]c1ccc(C=O)cc1. The van der Waals surface area contributed by atoms with Crippen molar-refractivity contribution >= 4 is 48.1 Å². The van der Waals surface area contributed by atoms with Crippen LogP contribution in [0.15, 0.2) is 158 Å². The van der Waals surface area contributed by atoms with Crippen molar-refractivity contribution in [1.29, 1.82) is 15.8 Å². The number of nitriles is 3. The number of rotatable bonds is 11. The summed E-state index contributed by atoms with van der Waals surface area (Å²) < 4.78 is 67.9. The van der Waals surface area contributed by atoms with Gasteiger partial charge in [0, 0.05) is 56.0 Å². The Hall–Kier alpha value is -10.9. The number of imide groups is 1. The van der Waals surface area contributed by atoms with Gasteiger partial charge in [-0.15, -0.1) is 0 Å². The summed E-state index contributed by atoms with van der Waals surface area (Å²) in [6.45, 7) is 16.3. The highest BCUT2D eigenvalue weighted by molar-refractivity contribution is 5.99. The number of alkyl halides is 3. The Morgan fingerprint density at radius 2 is 1.04 bits per heavy atom. The molecule has 0 bridgehead atoms. The van der Waals surface area contributed by atoms with E-state index in [1.807, 2.05) is 77.7 Å². The second-order valence-electron chi connectivity index (χ2n) is 25.0. The molecule has 23 heteroatoms. The molecule has 0 aliphatic carbocycles. The van der Waals surface area contributed by atoms with E-state index in [0.29, 0.717) is 64.1 Å². The molecule has 4 aliphatic rings. The van der Waals surface area contributed by atoms with Gasteiger partial charge in [-0.25, -0.2) is 46.9 Å². The number of aliphatic carboxylic acids is 1. The number of carbonyl (C=O) groups is 7. The fourth-order valence-corrected chi connectivity index (χ4v) is 11.3. The topological polar surface area (TPSA) is 265 Å². The van der Waals surface area contributed by atoms with E-state index in [4.69, 9.17) is 36.6 Å². The van der Waals surface area contributed by atoms with Gasteiger partial charge in [0.2, 0.25) is 17.0 Å². The van der Waals surface area contributed by atoms with Crippen molar-refractivity contribution in [2.24, 2.45) is 0 Å². The second-order valence-corrected chi connectivity index (χ2v) is 25.0. The standard InChI is InChI=1S/C29H26FN3O3.C18H21FN2O4.C17H19FN2O4.C8H5NO/c30-29(27(34)33-25(19-36-28(33)35)15-21-7-3-1-4-8-21)20-32(17-23-9-5-2-6-10-23)18-26(29)24-13-11-22(16-31)12-14-24;1-17(2,3)25-16(23)21-10-14(18(19,11-21)15(22)24-4)13-7-5-12(9-20)6-8-13;1-16(2,3)24-15(23)20-9-13(17(18,10-20)14(21)22)12-6-4-11(8-19)5-7-12;1-9-8-4-2-7(6-10)3-5-8/h1-14,25-26H,15,17-20H2;5-8,14H,10-11H2,1-4H3;4-7,13H,9-10H2,1-3H3,(H,21,22);2-6H/t25-,26+,29+;14-,18-;13-,17-;/m100./s1. The molecule has 0 spiro atoms. The maximum Gasteiger partial charge on any atom is 0.417 e. The lowest BCUT2D eigenvalue weighted by atomic mass is 9.84. The average Bonchev–Trinajstić information content (AvgIpc) is 1.64. The number of nitrogens with zero attached hydrogens (tertiary/aromatic N) is 8. The van der Waals surface area contributed by atoms with E-state index < -0.39 is 101 Å². The third-order valence-electron chi connectivity index (χ3n) is 16.0. The van der Waals surface area contributed by atoms with Gasteiger partial charge in [0.15, 0.2) is 5.69 Å². The zero-order valence-electron chi connectivity index (χ0n) is 53.4. The first-order chi connectivity index (χ1) is 45.0. The highest BCUT2D eigenvalue weighted by atomic mass is 19.2. The number of methoxy groups -OCH3 is 1. The summed E-state index contributed by atoms with van der Waals surface area (Å²) in [6, 6.07) is 50.0. The number of aldehydes is 1.